The summed E-state index contributed by atoms with van der Waals surface area (Å²) < 4.78 is 30.9. The number of ether oxygens (including phenoxy) is 1. The number of methoxy groups -OCH3 is 1. The van der Waals surface area contributed by atoms with Crippen LogP contribution in [0.15, 0.2) is 23.1 Å². The number of aliphatic hydroxyl groups is 1. The number of nitrogens with zero attached hydrogens (tertiary/aromatic N) is 2. The van der Waals surface area contributed by atoms with Crippen molar-refractivity contribution in [2.45, 2.75) is 24.3 Å². The van der Waals surface area contributed by atoms with Gasteiger partial charge in [-0.05, 0) is 19.4 Å². The third kappa shape index (κ3) is 4.13. The Bertz CT molecular complexity index is 614. The van der Waals surface area contributed by atoms with Crippen molar-refractivity contribution in [2.24, 2.45) is 0 Å². The average Bonchev–Trinajstić information content (AvgIpc) is 2.43. The van der Waals surface area contributed by atoms with Gasteiger partial charge in [0.2, 0.25) is 10.0 Å². The van der Waals surface area contributed by atoms with E-state index in [0.29, 0.717) is 0 Å². The van der Waals surface area contributed by atoms with Gasteiger partial charge >= 0.3 is 0 Å². The molecule has 8 nitrogen and oxygen atoms in total. The maximum absolute atomic E-state index is 12.4. The van der Waals surface area contributed by atoms with Gasteiger partial charge in [-0.15, -0.1) is 0 Å². The first-order valence-electron chi connectivity index (χ1n) is 6.17. The second-order valence-electron chi connectivity index (χ2n) is 4.56. The lowest BCUT2D eigenvalue weighted by Gasteiger charge is -2.19. The number of rotatable bonds is 7. The van der Waals surface area contributed by atoms with Gasteiger partial charge in [0, 0.05) is 25.7 Å². The molecule has 0 fully saturated rings. The Morgan fingerprint density at radius 2 is 2.10 bits per heavy atom. The second kappa shape index (κ2) is 6.83. The van der Waals surface area contributed by atoms with Crippen LogP contribution in [0.4, 0.5) is 5.69 Å². The largest absolute Gasteiger partial charge is 0.495 e. The summed E-state index contributed by atoms with van der Waals surface area (Å²) in [6.07, 6.45) is -0.387. The molecular formula is C12H18N2O6S. The van der Waals surface area contributed by atoms with Crippen molar-refractivity contribution in [1.29, 1.82) is 0 Å². The molecule has 0 spiro atoms. The summed E-state index contributed by atoms with van der Waals surface area (Å²) in [5.74, 6) is 0.0319. The summed E-state index contributed by atoms with van der Waals surface area (Å²) in [4.78, 5) is 9.84. The molecule has 0 aliphatic heterocycles. The highest BCUT2D eigenvalue weighted by atomic mass is 32.2. The molecule has 0 saturated heterocycles. The molecule has 1 rings (SSSR count). The molecule has 0 saturated carbocycles. The number of hydrogen-bond acceptors (Lipinski definition) is 6. The second-order valence-corrected chi connectivity index (χ2v) is 6.57. The number of nitro benzene ring substituents is 1. The Kier molecular flexibility index (Phi) is 5.64. The van der Waals surface area contributed by atoms with Crippen LogP contribution in [0.2, 0.25) is 0 Å². The minimum Gasteiger partial charge on any atom is -0.495 e. The number of hydrogen-bond donors (Lipinski definition) is 1. The summed E-state index contributed by atoms with van der Waals surface area (Å²) >= 11 is 0. The van der Waals surface area contributed by atoms with E-state index in [1.54, 1.807) is 6.92 Å². The van der Waals surface area contributed by atoms with Gasteiger partial charge in [0.05, 0.1) is 18.1 Å². The van der Waals surface area contributed by atoms with Crippen LogP contribution in [-0.2, 0) is 10.0 Å². The zero-order valence-electron chi connectivity index (χ0n) is 12.0. The van der Waals surface area contributed by atoms with Crippen LogP contribution in [0.1, 0.15) is 13.3 Å². The Hall–Kier alpha value is -1.71. The van der Waals surface area contributed by atoms with Crippen molar-refractivity contribution < 1.29 is 23.2 Å². The van der Waals surface area contributed by atoms with Crippen LogP contribution in [0.25, 0.3) is 0 Å². The molecule has 0 aliphatic rings. The van der Waals surface area contributed by atoms with Crippen molar-refractivity contribution >= 4 is 15.7 Å². The van der Waals surface area contributed by atoms with E-state index in [2.05, 4.69) is 0 Å². The Balaban J connectivity index is 3.22. The molecule has 118 valence electrons. The quantitative estimate of drug-likeness (QED) is 0.593. The molecule has 1 aromatic carbocycles. The Labute approximate surface area is 123 Å². The number of sulfonamides is 1. The molecule has 0 amide bonds. The fourth-order valence-corrected chi connectivity index (χ4v) is 2.99. The highest BCUT2D eigenvalue weighted by molar-refractivity contribution is 7.89. The third-order valence-corrected chi connectivity index (χ3v) is 4.79. The molecule has 0 bridgehead atoms. The van der Waals surface area contributed by atoms with Gasteiger partial charge in [-0.2, -0.15) is 0 Å². The molecule has 1 N–H and O–H groups in total. The Morgan fingerprint density at radius 1 is 1.48 bits per heavy atom. The topological polar surface area (TPSA) is 110 Å². The molecule has 1 unspecified atom stereocenters. The lowest BCUT2D eigenvalue weighted by atomic mass is 10.3. The first kappa shape index (κ1) is 17.3. The minimum atomic E-state index is -3.94. The molecule has 9 heteroatoms. The van der Waals surface area contributed by atoms with Gasteiger partial charge in [0.1, 0.15) is 10.6 Å². The number of nitro groups is 1. The van der Waals surface area contributed by atoms with Gasteiger partial charge < -0.3 is 9.84 Å². The number of aliphatic hydroxyl groups excluding tert-OH is 1. The van der Waals surface area contributed by atoms with Crippen molar-refractivity contribution in [1.82, 2.24) is 4.31 Å². The molecular weight excluding hydrogens is 300 g/mol. The van der Waals surface area contributed by atoms with Crippen LogP contribution in [0.3, 0.4) is 0 Å². The van der Waals surface area contributed by atoms with E-state index in [-0.39, 0.29) is 29.3 Å². The molecule has 0 aromatic heterocycles. The average molecular weight is 318 g/mol. The lowest BCUT2D eigenvalue weighted by molar-refractivity contribution is -0.385. The van der Waals surface area contributed by atoms with Crippen LogP contribution >= 0.6 is 0 Å². The molecule has 0 heterocycles. The molecule has 1 atom stereocenters. The van der Waals surface area contributed by atoms with E-state index in [1.807, 2.05) is 0 Å². The van der Waals surface area contributed by atoms with Gasteiger partial charge in [-0.25, -0.2) is 12.7 Å². The highest BCUT2D eigenvalue weighted by Gasteiger charge is 2.27. The van der Waals surface area contributed by atoms with Crippen molar-refractivity contribution in [3.63, 3.8) is 0 Å². The fourth-order valence-electron chi connectivity index (χ4n) is 1.64. The number of benzene rings is 1. The first-order valence-corrected chi connectivity index (χ1v) is 7.61. The zero-order chi connectivity index (χ0) is 16.2. The summed E-state index contributed by atoms with van der Waals surface area (Å²) in [6.45, 7) is 1.64. The summed E-state index contributed by atoms with van der Waals surface area (Å²) in [7, 11) is -1.31. The van der Waals surface area contributed by atoms with E-state index < -0.39 is 21.1 Å². The molecule has 1 aromatic rings. The standard InChI is InChI=1S/C12H18N2O6S/c1-9(15)6-7-13(2)21(18,19)12-8-10(14(16)17)4-5-11(12)20-3/h4-5,8-9,15H,6-7H2,1-3H3. The van der Waals surface area contributed by atoms with Gasteiger partial charge in [-0.1, -0.05) is 0 Å². The van der Waals surface area contributed by atoms with E-state index in [0.717, 1.165) is 10.4 Å². The first-order chi connectivity index (χ1) is 9.70. The predicted octanol–water partition coefficient (Wildman–Crippen LogP) is 0.995. The fraction of sp³-hybridized carbons (Fsp3) is 0.500. The SMILES string of the molecule is COc1ccc([N+](=O)[O-])cc1S(=O)(=O)N(C)CCC(C)O. The maximum Gasteiger partial charge on any atom is 0.271 e. The van der Waals surface area contributed by atoms with Crippen molar-refractivity contribution in [3.8, 4) is 5.75 Å². The number of non-ortho nitro benzene ring substituents is 1. The maximum atomic E-state index is 12.4. The van der Waals surface area contributed by atoms with Crippen LogP contribution in [0, 0.1) is 10.1 Å². The highest BCUT2D eigenvalue weighted by Crippen LogP contribution is 2.30. The normalized spacial score (nSPS) is 13.2. The van der Waals surface area contributed by atoms with Gasteiger partial charge in [-0.3, -0.25) is 10.1 Å². The van der Waals surface area contributed by atoms with E-state index in [9.17, 15) is 23.6 Å². The third-order valence-electron chi connectivity index (χ3n) is 2.91. The zero-order valence-corrected chi connectivity index (χ0v) is 12.8. The molecule has 0 aliphatic carbocycles. The van der Waals surface area contributed by atoms with Crippen molar-refractivity contribution in [3.05, 3.63) is 28.3 Å². The summed E-state index contributed by atoms with van der Waals surface area (Å²) in [5, 5.41) is 20.0. The minimum absolute atomic E-state index is 0.0319. The van der Waals surface area contributed by atoms with Crippen LogP contribution in [0.5, 0.6) is 5.75 Å². The van der Waals surface area contributed by atoms with Crippen LogP contribution in [-0.4, -0.2) is 49.6 Å². The van der Waals surface area contributed by atoms with Crippen molar-refractivity contribution in [2.75, 3.05) is 20.7 Å². The summed E-state index contributed by atoms with van der Waals surface area (Å²) in [5.41, 5.74) is -0.335. The van der Waals surface area contributed by atoms with E-state index in [1.165, 1.54) is 26.3 Å². The smallest absolute Gasteiger partial charge is 0.271 e. The van der Waals surface area contributed by atoms with E-state index >= 15 is 0 Å². The van der Waals surface area contributed by atoms with Gasteiger partial charge in [0.25, 0.3) is 5.69 Å². The predicted molar refractivity (Wildman–Crippen MR) is 75.8 cm³/mol. The van der Waals surface area contributed by atoms with Gasteiger partial charge in [0.15, 0.2) is 0 Å². The van der Waals surface area contributed by atoms with E-state index in [4.69, 9.17) is 4.74 Å². The Morgan fingerprint density at radius 3 is 2.57 bits per heavy atom. The lowest BCUT2D eigenvalue weighted by Crippen LogP contribution is -2.30. The molecule has 21 heavy (non-hydrogen) atoms. The monoisotopic (exact) mass is 318 g/mol. The molecule has 0 radical (unpaired) electrons. The summed E-state index contributed by atoms with van der Waals surface area (Å²) in [6, 6.07) is 3.38. The van der Waals surface area contributed by atoms with Crippen LogP contribution < -0.4 is 4.74 Å².